The molecular formula is C31H34F6N4O8. The third-order valence-electron chi connectivity index (χ3n) is 6.91. The lowest BCUT2D eigenvalue weighted by Crippen LogP contribution is -2.45. The summed E-state index contributed by atoms with van der Waals surface area (Å²) in [5.41, 5.74) is 5.15. The van der Waals surface area contributed by atoms with Gasteiger partial charge in [0.15, 0.2) is 0 Å². The summed E-state index contributed by atoms with van der Waals surface area (Å²) in [6.07, 6.45) is -8.10. The summed E-state index contributed by atoms with van der Waals surface area (Å²) < 4.78 is 69.5. The highest BCUT2D eigenvalue weighted by Crippen LogP contribution is 2.22. The lowest BCUT2D eigenvalue weighted by atomic mass is 10.0. The normalized spacial score (nSPS) is 16.0. The molecule has 2 amide bonds. The van der Waals surface area contributed by atoms with Crippen LogP contribution in [0.5, 0.6) is 5.75 Å². The van der Waals surface area contributed by atoms with E-state index in [9.17, 15) is 35.9 Å². The predicted molar refractivity (Wildman–Crippen MR) is 161 cm³/mol. The largest absolute Gasteiger partial charge is 0.490 e. The molecule has 3 aromatic rings. The van der Waals surface area contributed by atoms with Crippen molar-refractivity contribution < 1.29 is 65.7 Å². The Labute approximate surface area is 275 Å². The number of aromatic nitrogens is 1. The zero-order valence-electron chi connectivity index (χ0n) is 26.1. The molecule has 2 heterocycles. The number of rotatable bonds is 9. The van der Waals surface area contributed by atoms with Gasteiger partial charge in [-0.15, -0.1) is 0 Å². The van der Waals surface area contributed by atoms with Gasteiger partial charge in [-0.05, 0) is 56.3 Å². The number of aliphatic carboxylic acids is 2. The van der Waals surface area contributed by atoms with Crippen LogP contribution >= 0.6 is 0 Å². The molecule has 0 spiro atoms. The van der Waals surface area contributed by atoms with Crippen molar-refractivity contribution in [2.24, 2.45) is 5.92 Å². The molecule has 2 atom stereocenters. The van der Waals surface area contributed by atoms with Crippen LogP contribution < -0.4 is 15.5 Å². The number of nitrogens with zero attached hydrogens (tertiary/aromatic N) is 2. The zero-order chi connectivity index (χ0) is 36.9. The van der Waals surface area contributed by atoms with Crippen molar-refractivity contribution in [3.63, 3.8) is 0 Å². The topological polar surface area (TPSA) is 178 Å². The summed E-state index contributed by atoms with van der Waals surface area (Å²) >= 11 is 0. The lowest BCUT2D eigenvalue weighted by molar-refractivity contribution is -0.193. The van der Waals surface area contributed by atoms with Crippen LogP contribution in [0, 0.1) is 12.8 Å². The first-order chi connectivity index (χ1) is 22.9. The Balaban J connectivity index is 0.000000500. The zero-order valence-corrected chi connectivity index (χ0v) is 26.1. The van der Waals surface area contributed by atoms with Gasteiger partial charge in [0.1, 0.15) is 12.4 Å². The number of benzene rings is 2. The molecule has 1 saturated heterocycles. The highest BCUT2D eigenvalue weighted by atomic mass is 19.4. The number of nitrogens with one attached hydrogen (secondary N) is 2. The first-order valence-corrected chi connectivity index (χ1v) is 14.5. The molecule has 0 saturated carbocycles. The smallest absolute Gasteiger partial charge is 0.489 e. The number of pyridine rings is 1. The third-order valence-corrected chi connectivity index (χ3v) is 6.91. The number of hydroxylamine groups is 1. The summed E-state index contributed by atoms with van der Waals surface area (Å²) in [4.78, 5) is 49.5. The van der Waals surface area contributed by atoms with E-state index in [0.717, 1.165) is 41.5 Å². The van der Waals surface area contributed by atoms with Gasteiger partial charge >= 0.3 is 24.3 Å². The number of hydrogen-bond acceptors (Lipinski definition) is 8. The predicted octanol–water partition coefficient (Wildman–Crippen LogP) is 4.72. The van der Waals surface area contributed by atoms with Crippen LogP contribution in [0.4, 0.5) is 26.3 Å². The molecule has 268 valence electrons. The molecule has 0 radical (unpaired) electrons. The van der Waals surface area contributed by atoms with Gasteiger partial charge in [-0.25, -0.2) is 15.1 Å². The first kappa shape index (κ1) is 40.2. The maximum absolute atomic E-state index is 12.9. The molecule has 1 aliphatic heterocycles. The van der Waals surface area contributed by atoms with E-state index < -0.39 is 36.1 Å². The molecule has 2 aromatic carbocycles. The van der Waals surface area contributed by atoms with Crippen molar-refractivity contribution >= 4 is 34.7 Å². The van der Waals surface area contributed by atoms with E-state index in [1.807, 2.05) is 37.3 Å². The second-order valence-electron chi connectivity index (χ2n) is 10.6. The third kappa shape index (κ3) is 12.9. The molecule has 5 N–H and O–H groups in total. The molecule has 0 bridgehead atoms. The molecule has 4 rings (SSSR count). The minimum absolute atomic E-state index is 0.259. The number of alkyl halides is 6. The number of ether oxygens (including phenoxy) is 1. The molecule has 0 unspecified atom stereocenters. The van der Waals surface area contributed by atoms with E-state index in [2.05, 4.69) is 22.1 Å². The Morgan fingerprint density at radius 3 is 2.04 bits per heavy atom. The number of hydrogen-bond donors (Lipinski definition) is 5. The van der Waals surface area contributed by atoms with Crippen molar-refractivity contribution in [3.05, 3.63) is 71.4 Å². The fraction of sp³-hybridized carbons (Fsp3) is 0.387. The van der Waals surface area contributed by atoms with E-state index >= 15 is 0 Å². The second kappa shape index (κ2) is 18.0. The van der Waals surface area contributed by atoms with Crippen molar-refractivity contribution in [2.45, 2.75) is 51.7 Å². The molecule has 1 aromatic heterocycles. The van der Waals surface area contributed by atoms with Gasteiger partial charge in [0.05, 0.1) is 17.5 Å². The Kier molecular flexibility index (Phi) is 14.7. The summed E-state index contributed by atoms with van der Waals surface area (Å²) in [6.45, 7) is 6.41. The number of unbranched alkanes of at least 4 members (excludes halogenated alkanes) is 1. The van der Waals surface area contributed by atoms with Crippen molar-refractivity contribution in [1.82, 2.24) is 20.7 Å². The van der Waals surface area contributed by atoms with E-state index in [0.29, 0.717) is 31.0 Å². The van der Waals surface area contributed by atoms with Crippen molar-refractivity contribution in [1.29, 1.82) is 0 Å². The number of carbonyl (C=O) groups excluding carboxylic acids is 2. The van der Waals surface area contributed by atoms with Gasteiger partial charge in [0, 0.05) is 35.3 Å². The number of carbonyl (C=O) groups is 4. The van der Waals surface area contributed by atoms with E-state index in [-0.39, 0.29) is 11.9 Å². The average Bonchev–Trinajstić information content (AvgIpc) is 3.44. The SMILES string of the molecule is CCCCN1C[C@H](C(=O)NO)[C@H](NC(=O)c2ccc(OCc3cc(C)nc4ccccc34)cc2)C1.O=C(O)C(F)(F)F.O=C(O)C(F)(F)F. The number of para-hydroxylation sites is 1. The van der Waals surface area contributed by atoms with Gasteiger partial charge in [-0.2, -0.15) is 26.3 Å². The van der Waals surface area contributed by atoms with Gasteiger partial charge in [0.2, 0.25) is 5.91 Å². The van der Waals surface area contributed by atoms with E-state index in [4.69, 9.17) is 29.7 Å². The summed E-state index contributed by atoms with van der Waals surface area (Å²) in [5, 5.41) is 27.4. The van der Waals surface area contributed by atoms with Crippen LogP contribution in [0.2, 0.25) is 0 Å². The van der Waals surface area contributed by atoms with Crippen LogP contribution in [-0.4, -0.2) is 87.1 Å². The van der Waals surface area contributed by atoms with Crippen molar-refractivity contribution in [2.75, 3.05) is 19.6 Å². The fourth-order valence-electron chi connectivity index (χ4n) is 4.57. The summed E-state index contributed by atoms with van der Waals surface area (Å²) in [7, 11) is 0. The Morgan fingerprint density at radius 1 is 0.939 bits per heavy atom. The molecule has 0 aliphatic carbocycles. The van der Waals surface area contributed by atoms with Crippen LogP contribution in [0.1, 0.15) is 41.4 Å². The Morgan fingerprint density at radius 2 is 1.51 bits per heavy atom. The fourth-order valence-corrected chi connectivity index (χ4v) is 4.57. The standard InChI is InChI=1S/C27H32N4O4.2C2HF3O2/c1-3-4-13-31-15-23(27(33)30-34)25(16-31)29-26(32)19-9-11-21(12-10-19)35-17-20-14-18(2)28-24-8-6-5-7-22(20)24;2*3-2(4,5)1(6)7/h5-12,14,23,25,34H,3-4,13,15-17H2,1-2H3,(H,29,32)(H,30,33);2*(H,6,7)/t23-,25+;;/m0../s1. The maximum atomic E-state index is 12.9. The second-order valence-corrected chi connectivity index (χ2v) is 10.6. The first-order valence-electron chi connectivity index (χ1n) is 14.5. The number of fused-ring (bicyclic) bond motifs is 1. The molecule has 1 aliphatic rings. The molecule has 1 fully saturated rings. The number of amides is 2. The van der Waals surface area contributed by atoms with Gasteiger partial charge in [-0.3, -0.25) is 19.8 Å². The number of carboxylic acids is 2. The summed E-state index contributed by atoms with van der Waals surface area (Å²) in [6, 6.07) is 16.6. The lowest BCUT2D eigenvalue weighted by Gasteiger charge is -2.18. The minimum atomic E-state index is -5.08. The average molecular weight is 705 g/mol. The van der Waals surface area contributed by atoms with Crippen molar-refractivity contribution in [3.8, 4) is 5.75 Å². The number of halogens is 6. The Bertz CT molecular complexity index is 1560. The number of aryl methyl sites for hydroxylation is 1. The Hall–Kier alpha value is -4.97. The van der Waals surface area contributed by atoms with Crippen LogP contribution in [-0.2, 0) is 21.0 Å². The number of likely N-dealkylation sites (tertiary alicyclic amines) is 1. The molecular weight excluding hydrogens is 670 g/mol. The monoisotopic (exact) mass is 704 g/mol. The van der Waals surface area contributed by atoms with Crippen LogP contribution in [0.3, 0.4) is 0 Å². The molecule has 12 nitrogen and oxygen atoms in total. The highest BCUT2D eigenvalue weighted by Gasteiger charge is 2.39. The number of carboxylic acid groups (broad SMARTS) is 2. The van der Waals surface area contributed by atoms with Gasteiger partial charge in [0.25, 0.3) is 5.91 Å². The maximum Gasteiger partial charge on any atom is 0.490 e. The van der Waals surface area contributed by atoms with E-state index in [1.165, 1.54) is 0 Å². The van der Waals surface area contributed by atoms with Crippen LogP contribution in [0.25, 0.3) is 10.9 Å². The highest BCUT2D eigenvalue weighted by molar-refractivity contribution is 5.95. The van der Waals surface area contributed by atoms with Gasteiger partial charge < -0.3 is 25.2 Å². The molecule has 49 heavy (non-hydrogen) atoms. The quantitative estimate of drug-likeness (QED) is 0.119. The van der Waals surface area contributed by atoms with E-state index in [1.54, 1.807) is 29.7 Å². The van der Waals surface area contributed by atoms with Gasteiger partial charge in [-0.1, -0.05) is 31.5 Å². The minimum Gasteiger partial charge on any atom is -0.489 e. The van der Waals surface area contributed by atoms with Crippen LogP contribution in [0.15, 0.2) is 54.6 Å². The molecule has 18 heteroatoms. The summed E-state index contributed by atoms with van der Waals surface area (Å²) in [5.74, 6) is -6.09.